The fraction of sp³-hybridized carbons (Fsp3) is 0.533. The highest BCUT2D eigenvalue weighted by Crippen LogP contribution is 2.28. The van der Waals surface area contributed by atoms with Gasteiger partial charge in [-0.3, -0.25) is 0 Å². The molecule has 2 aromatic heterocycles. The van der Waals surface area contributed by atoms with Crippen molar-refractivity contribution in [2.24, 2.45) is 0 Å². The lowest BCUT2D eigenvalue weighted by molar-refractivity contribution is 0.0887. The van der Waals surface area contributed by atoms with Gasteiger partial charge in [-0.1, -0.05) is 5.16 Å². The first-order valence-corrected chi connectivity index (χ1v) is 7.72. The molecule has 1 aliphatic rings. The van der Waals surface area contributed by atoms with E-state index in [1.54, 1.807) is 24.2 Å². The van der Waals surface area contributed by atoms with E-state index < -0.39 is 0 Å². The van der Waals surface area contributed by atoms with Crippen molar-refractivity contribution < 1.29 is 14.1 Å². The minimum absolute atomic E-state index is 0.0880. The maximum Gasteiger partial charge on any atom is 0.317 e. The third-order valence-corrected chi connectivity index (χ3v) is 3.98. The van der Waals surface area contributed by atoms with Crippen molar-refractivity contribution >= 4 is 6.03 Å². The molecule has 0 aromatic carbocycles. The average Bonchev–Trinajstić information content (AvgIpc) is 3.27. The summed E-state index contributed by atoms with van der Waals surface area (Å²) in [7, 11) is 1.72. The van der Waals surface area contributed by atoms with Crippen LogP contribution in [0.25, 0.3) is 0 Å². The van der Waals surface area contributed by atoms with Crippen LogP contribution < -0.4 is 5.32 Å². The Morgan fingerprint density at radius 1 is 1.57 bits per heavy atom. The third kappa shape index (κ3) is 3.37. The summed E-state index contributed by atoms with van der Waals surface area (Å²) < 4.78 is 12.6. The molecule has 2 amide bonds. The van der Waals surface area contributed by atoms with Crippen LogP contribution in [0, 0.1) is 0 Å². The second kappa shape index (κ2) is 6.82. The van der Waals surface area contributed by atoms with Crippen LogP contribution in [0.1, 0.15) is 31.0 Å². The number of urea groups is 1. The van der Waals surface area contributed by atoms with Gasteiger partial charge >= 0.3 is 6.03 Å². The Kier molecular flexibility index (Phi) is 4.61. The first-order valence-electron chi connectivity index (χ1n) is 7.72. The van der Waals surface area contributed by atoms with Crippen molar-refractivity contribution in [3.63, 3.8) is 0 Å². The van der Waals surface area contributed by atoms with E-state index in [4.69, 9.17) is 9.26 Å². The number of amides is 2. The summed E-state index contributed by atoms with van der Waals surface area (Å²) in [5.74, 6) is 0.856. The topological polar surface area (TPSA) is 85.4 Å². The van der Waals surface area contributed by atoms with Gasteiger partial charge in [0, 0.05) is 38.7 Å². The molecule has 0 unspecified atom stereocenters. The van der Waals surface area contributed by atoms with Crippen LogP contribution in [0.4, 0.5) is 4.79 Å². The Labute approximate surface area is 134 Å². The van der Waals surface area contributed by atoms with Gasteiger partial charge in [-0.2, -0.15) is 0 Å². The number of carbonyl (C=O) groups excluding carboxylic acids is 1. The van der Waals surface area contributed by atoms with E-state index in [9.17, 15) is 4.79 Å². The molecule has 23 heavy (non-hydrogen) atoms. The Morgan fingerprint density at radius 2 is 2.43 bits per heavy atom. The molecule has 1 saturated heterocycles. The van der Waals surface area contributed by atoms with Crippen molar-refractivity contribution in [1.29, 1.82) is 0 Å². The van der Waals surface area contributed by atoms with E-state index in [0.29, 0.717) is 18.8 Å². The molecule has 3 rings (SSSR count). The molecule has 2 aromatic rings. The quantitative estimate of drug-likeness (QED) is 0.904. The van der Waals surface area contributed by atoms with E-state index in [0.717, 1.165) is 18.8 Å². The Bertz CT molecular complexity index is 639. The van der Waals surface area contributed by atoms with Gasteiger partial charge in [-0.15, -0.1) is 0 Å². The minimum Gasteiger partial charge on any atom is -0.368 e. The molecule has 0 bridgehead atoms. The monoisotopic (exact) mass is 319 g/mol. The van der Waals surface area contributed by atoms with Crippen LogP contribution in [0.3, 0.4) is 0 Å². The SMILES string of the molecule is CCn1ccnc1[C@@H]1OCC[C@H]1NC(=O)N(C)Cc1ccon1. The summed E-state index contributed by atoms with van der Waals surface area (Å²) in [6.45, 7) is 3.88. The number of aryl methyl sites for hydroxylation is 1. The summed E-state index contributed by atoms with van der Waals surface area (Å²) >= 11 is 0. The predicted molar refractivity (Wildman–Crippen MR) is 81.5 cm³/mol. The van der Waals surface area contributed by atoms with Crippen molar-refractivity contribution in [2.45, 2.75) is 38.6 Å². The zero-order valence-corrected chi connectivity index (χ0v) is 13.3. The molecule has 0 radical (unpaired) electrons. The fourth-order valence-electron chi connectivity index (χ4n) is 2.74. The fourth-order valence-corrected chi connectivity index (χ4v) is 2.74. The van der Waals surface area contributed by atoms with Crippen molar-refractivity contribution in [1.82, 2.24) is 24.9 Å². The van der Waals surface area contributed by atoms with E-state index in [-0.39, 0.29) is 18.2 Å². The smallest absolute Gasteiger partial charge is 0.317 e. The van der Waals surface area contributed by atoms with Crippen LogP contribution in [0.2, 0.25) is 0 Å². The molecule has 1 fully saturated rings. The first-order chi connectivity index (χ1) is 11.2. The van der Waals surface area contributed by atoms with Crippen molar-refractivity contribution in [3.8, 4) is 0 Å². The minimum atomic E-state index is -0.214. The van der Waals surface area contributed by atoms with Crippen LogP contribution in [-0.2, 0) is 17.8 Å². The van der Waals surface area contributed by atoms with Gasteiger partial charge in [-0.05, 0) is 13.3 Å². The molecule has 2 atom stereocenters. The lowest BCUT2D eigenvalue weighted by Crippen LogP contribution is -2.44. The van der Waals surface area contributed by atoms with Crippen molar-refractivity contribution in [3.05, 3.63) is 36.2 Å². The summed E-state index contributed by atoms with van der Waals surface area (Å²) in [5.41, 5.74) is 0.711. The molecule has 0 spiro atoms. The van der Waals surface area contributed by atoms with E-state index >= 15 is 0 Å². The molecular weight excluding hydrogens is 298 g/mol. The molecule has 0 aliphatic carbocycles. The highest BCUT2D eigenvalue weighted by Gasteiger charge is 2.34. The molecule has 1 aliphatic heterocycles. The summed E-state index contributed by atoms with van der Waals surface area (Å²) in [5, 5.41) is 6.85. The standard InChI is InChI=1S/C15H21N5O3/c1-3-20-7-6-16-14(20)13-12(5-8-22-13)17-15(21)19(2)10-11-4-9-23-18-11/h4,6-7,9,12-13H,3,5,8,10H2,1-2H3,(H,17,21)/t12-,13-/m1/s1. The maximum atomic E-state index is 12.4. The lowest BCUT2D eigenvalue weighted by Gasteiger charge is -2.23. The molecule has 8 heteroatoms. The van der Waals surface area contributed by atoms with E-state index in [2.05, 4.69) is 22.4 Å². The zero-order chi connectivity index (χ0) is 16.2. The second-order valence-corrected chi connectivity index (χ2v) is 5.55. The number of imidazole rings is 1. The number of hydrogen-bond donors (Lipinski definition) is 1. The number of nitrogens with zero attached hydrogens (tertiary/aromatic N) is 4. The van der Waals surface area contributed by atoms with Gasteiger partial charge in [0.1, 0.15) is 23.9 Å². The van der Waals surface area contributed by atoms with Crippen LogP contribution in [0.15, 0.2) is 29.2 Å². The van der Waals surface area contributed by atoms with Gasteiger partial charge < -0.3 is 24.0 Å². The van der Waals surface area contributed by atoms with Gasteiger partial charge in [0.2, 0.25) is 0 Å². The normalized spacial score (nSPS) is 20.6. The molecule has 0 saturated carbocycles. The largest absolute Gasteiger partial charge is 0.368 e. The second-order valence-electron chi connectivity index (χ2n) is 5.55. The predicted octanol–water partition coefficient (Wildman–Crippen LogP) is 1.56. The number of carbonyl (C=O) groups is 1. The third-order valence-electron chi connectivity index (χ3n) is 3.98. The van der Waals surface area contributed by atoms with Crippen molar-refractivity contribution in [2.75, 3.05) is 13.7 Å². The summed E-state index contributed by atoms with van der Waals surface area (Å²) in [6, 6.07) is 1.49. The van der Waals surface area contributed by atoms with Gasteiger partial charge in [0.15, 0.2) is 0 Å². The highest BCUT2D eigenvalue weighted by atomic mass is 16.5. The van der Waals surface area contributed by atoms with E-state index in [1.165, 1.54) is 6.26 Å². The average molecular weight is 319 g/mol. The van der Waals surface area contributed by atoms with E-state index in [1.807, 2.05) is 10.8 Å². The van der Waals surface area contributed by atoms with Crippen LogP contribution in [-0.4, -0.2) is 45.3 Å². The van der Waals surface area contributed by atoms with Gasteiger partial charge in [-0.25, -0.2) is 9.78 Å². The number of ether oxygens (including phenoxy) is 1. The zero-order valence-electron chi connectivity index (χ0n) is 13.3. The Hall–Kier alpha value is -2.35. The Balaban J connectivity index is 1.63. The van der Waals surface area contributed by atoms with Gasteiger partial charge in [0.25, 0.3) is 0 Å². The maximum absolute atomic E-state index is 12.4. The molecule has 3 heterocycles. The van der Waals surface area contributed by atoms with Crippen LogP contribution in [0.5, 0.6) is 0 Å². The van der Waals surface area contributed by atoms with Crippen LogP contribution >= 0.6 is 0 Å². The number of rotatable bonds is 5. The highest BCUT2D eigenvalue weighted by molar-refractivity contribution is 5.74. The number of hydrogen-bond acceptors (Lipinski definition) is 5. The summed E-state index contributed by atoms with van der Waals surface area (Å²) in [6.07, 6.45) is 5.73. The first kappa shape index (κ1) is 15.5. The Morgan fingerprint density at radius 3 is 3.17 bits per heavy atom. The number of nitrogens with one attached hydrogen (secondary N) is 1. The number of aromatic nitrogens is 3. The molecule has 8 nitrogen and oxygen atoms in total. The lowest BCUT2D eigenvalue weighted by atomic mass is 10.1. The summed E-state index contributed by atoms with van der Waals surface area (Å²) in [4.78, 5) is 18.3. The molecule has 124 valence electrons. The molecule has 1 N–H and O–H groups in total. The van der Waals surface area contributed by atoms with Gasteiger partial charge in [0.05, 0.1) is 12.6 Å². The molecular formula is C15H21N5O3.